The second kappa shape index (κ2) is 3.43. The van der Waals surface area contributed by atoms with Crippen LogP contribution in [0.1, 0.15) is 23.8 Å². The summed E-state index contributed by atoms with van der Waals surface area (Å²) in [5.41, 5.74) is 5.02. The SMILES string of the molecule is [2H][13C@H]([13C@H]([15NH2])[13C](=O)O)[13C]([2H])([2H])C. The van der Waals surface area contributed by atoms with Gasteiger partial charge in [-0.3, -0.25) is 4.79 Å². The molecule has 0 amide bonds. The number of hydrogen-bond acceptors (Lipinski definition) is 2. The Morgan fingerprint density at radius 3 is 2.75 bits per heavy atom. The van der Waals surface area contributed by atoms with Gasteiger partial charge in [-0.15, -0.1) is 0 Å². The van der Waals surface area contributed by atoms with Crippen molar-refractivity contribution < 1.29 is 14.0 Å². The van der Waals surface area contributed by atoms with Crippen molar-refractivity contribution in [2.75, 3.05) is 0 Å². The third-order valence-corrected chi connectivity index (χ3v) is 0.631. The van der Waals surface area contributed by atoms with Gasteiger partial charge in [0.1, 0.15) is 6.04 Å². The highest BCUT2D eigenvalue weighted by Crippen LogP contribution is 1.91. The summed E-state index contributed by atoms with van der Waals surface area (Å²) in [4.78, 5) is 10.2. The summed E-state index contributed by atoms with van der Waals surface area (Å²) < 4.78 is 21.1. The number of rotatable bonds is 3. The first-order valence-corrected chi connectivity index (χ1v) is 2.17. The molecule has 0 unspecified atom stereocenters. The first-order valence-electron chi connectivity index (χ1n) is 3.75. The second-order valence-corrected chi connectivity index (χ2v) is 1.32. The summed E-state index contributed by atoms with van der Waals surface area (Å²) >= 11 is 0. The van der Waals surface area contributed by atoms with Crippen LogP contribution in [0.4, 0.5) is 0 Å². The molecule has 0 heterocycles. The van der Waals surface area contributed by atoms with Crippen LogP contribution >= 0.6 is 0 Å². The summed E-state index contributed by atoms with van der Waals surface area (Å²) in [5.74, 6) is -1.35. The highest BCUT2D eigenvalue weighted by Gasteiger charge is 2.07. The van der Waals surface area contributed by atoms with Gasteiger partial charge in [-0.2, -0.15) is 0 Å². The molecule has 0 aromatic carbocycles. The maximum Gasteiger partial charge on any atom is 0.320 e. The molecule has 0 saturated carbocycles. The van der Waals surface area contributed by atoms with Gasteiger partial charge in [-0.1, -0.05) is 13.3 Å². The molecule has 3 nitrogen and oxygen atoms in total. The van der Waals surface area contributed by atoms with E-state index in [-0.39, 0.29) is 0 Å². The normalized spacial score (nSPS) is 24.5. The Bertz CT molecular complexity index is 156. The fourth-order valence-corrected chi connectivity index (χ4v) is 0.251. The zero-order valence-electron chi connectivity index (χ0n) is 7.59. The number of carboxylic acids is 1. The molecule has 48 valence electrons. The lowest BCUT2D eigenvalue weighted by Crippen LogP contribution is -2.29. The number of carbonyl (C=O) groups is 1. The third-order valence-electron chi connectivity index (χ3n) is 0.631. The number of hydrogen-bond donors (Lipinski definition) is 2. The summed E-state index contributed by atoms with van der Waals surface area (Å²) in [7, 11) is 0. The lowest BCUT2D eigenvalue weighted by Gasteiger charge is -2.00. The van der Waals surface area contributed by atoms with Gasteiger partial charge in [0.05, 0.1) is 0 Å². The molecule has 0 saturated heterocycles. The smallest absolute Gasteiger partial charge is 0.320 e. The molecule has 0 spiro atoms. The average molecular weight is 125 g/mol. The monoisotopic (exact) mass is 125 g/mol. The quantitative estimate of drug-likeness (QED) is 0.418. The molecule has 0 bridgehead atoms. The Morgan fingerprint density at radius 1 is 2.12 bits per heavy atom. The molecule has 0 aliphatic rings. The molecule has 0 rings (SSSR count). The Balaban J connectivity index is 4.25. The molecular formula is C5H11NO2. The van der Waals surface area contributed by atoms with E-state index in [9.17, 15) is 4.79 Å². The van der Waals surface area contributed by atoms with Gasteiger partial charge in [0.15, 0.2) is 0 Å². The highest BCUT2D eigenvalue weighted by atomic mass is 16.5. The molecule has 8 heavy (non-hydrogen) atoms. The van der Waals surface area contributed by atoms with Gasteiger partial charge in [0.25, 0.3) is 0 Å². The van der Waals surface area contributed by atoms with Crippen molar-refractivity contribution in [3.8, 4) is 0 Å². The largest absolute Gasteiger partial charge is 0.480 e. The van der Waals surface area contributed by atoms with Gasteiger partial charge in [0.2, 0.25) is 0 Å². The van der Waals surface area contributed by atoms with Crippen molar-refractivity contribution >= 4 is 5.97 Å². The van der Waals surface area contributed by atoms with Crippen molar-refractivity contribution in [1.29, 1.82) is 0 Å². The van der Waals surface area contributed by atoms with Crippen LogP contribution in [0.3, 0.4) is 0 Å². The van der Waals surface area contributed by atoms with Gasteiger partial charge in [-0.25, -0.2) is 0 Å². The highest BCUT2D eigenvalue weighted by molar-refractivity contribution is 5.72. The Kier molecular flexibility index (Phi) is 1.48. The van der Waals surface area contributed by atoms with Crippen LogP contribution in [-0.2, 0) is 4.79 Å². The summed E-state index contributed by atoms with van der Waals surface area (Å²) in [6.07, 6.45) is -3.31. The Morgan fingerprint density at radius 2 is 2.62 bits per heavy atom. The lowest BCUT2D eigenvalue weighted by molar-refractivity contribution is -0.138. The topological polar surface area (TPSA) is 63.3 Å². The first kappa shape index (κ1) is 3.45. The first-order chi connectivity index (χ1) is 4.76. The van der Waals surface area contributed by atoms with E-state index in [4.69, 9.17) is 15.0 Å². The molecule has 0 aliphatic heterocycles. The number of aliphatic carboxylic acids is 1. The van der Waals surface area contributed by atoms with E-state index in [0.29, 0.717) is 0 Å². The standard InChI is InChI=1S/C5H11NO2/c1-2-3-4(6)5(7)8/h4H,2-3,6H2,1H3,(H,7,8)/t4-/m0/s1/i2+1D2,3+1D,4+1,5+1,6+1/t3-,4-. The summed E-state index contributed by atoms with van der Waals surface area (Å²) in [6.45, 7) is 1.13. The Hall–Kier alpha value is -0.570. The third kappa shape index (κ3) is 2.58. The molecule has 0 radical (unpaired) electrons. The molecule has 2 atom stereocenters. The van der Waals surface area contributed by atoms with E-state index in [2.05, 4.69) is 0 Å². The molecule has 3 heteroatoms. The minimum atomic E-state index is -1.88. The summed E-state index contributed by atoms with van der Waals surface area (Å²) in [5, 5.41) is 8.30. The van der Waals surface area contributed by atoms with Crippen LogP contribution in [-0.4, -0.2) is 17.1 Å². The van der Waals surface area contributed by atoms with E-state index in [1.165, 1.54) is 0 Å². The zero-order valence-corrected chi connectivity index (χ0v) is 4.59. The molecule has 3 N–H and O–H groups in total. The van der Waals surface area contributed by atoms with Crippen molar-refractivity contribution in [2.45, 2.75) is 25.7 Å². The van der Waals surface area contributed by atoms with Crippen molar-refractivity contribution in [1.82, 2.24) is 0 Å². The average Bonchev–Trinajstić information content (AvgIpc) is 1.82. The van der Waals surface area contributed by atoms with E-state index >= 15 is 0 Å². The van der Waals surface area contributed by atoms with Crippen LogP contribution in [0.5, 0.6) is 0 Å². The van der Waals surface area contributed by atoms with Crippen LogP contribution < -0.4 is 5.73 Å². The van der Waals surface area contributed by atoms with Crippen LogP contribution in [0.25, 0.3) is 0 Å². The van der Waals surface area contributed by atoms with Gasteiger partial charge in [0, 0.05) is 4.11 Å². The molecule has 0 aromatic rings. The molecule has 0 aromatic heterocycles. The fraction of sp³-hybridized carbons (Fsp3) is 0.800. The van der Waals surface area contributed by atoms with E-state index in [1.54, 1.807) is 0 Å². The minimum Gasteiger partial charge on any atom is -0.480 e. The van der Waals surface area contributed by atoms with E-state index in [1.807, 2.05) is 0 Å². The zero-order chi connectivity index (χ0) is 9.23. The van der Waals surface area contributed by atoms with Gasteiger partial charge >= 0.3 is 5.97 Å². The predicted molar refractivity (Wildman–Crippen MR) is 30.5 cm³/mol. The Labute approximate surface area is 52.7 Å². The van der Waals surface area contributed by atoms with Gasteiger partial charge < -0.3 is 10.8 Å². The molecule has 0 fully saturated rings. The second-order valence-electron chi connectivity index (χ2n) is 1.32. The van der Waals surface area contributed by atoms with Crippen LogP contribution in [0.15, 0.2) is 0 Å². The van der Waals surface area contributed by atoms with Crippen LogP contribution in [0.2, 0.25) is 0 Å². The lowest BCUT2D eigenvalue weighted by atomic mass is 11.0. The number of carboxylic acid groups (broad SMARTS) is 1. The van der Waals surface area contributed by atoms with E-state index in [0.717, 1.165) is 6.92 Å². The fourth-order valence-electron chi connectivity index (χ4n) is 0.251. The minimum absolute atomic E-state index is 1.13. The maximum atomic E-state index is 10.2. The van der Waals surface area contributed by atoms with Gasteiger partial charge in [-0.05, 0) is 6.40 Å². The van der Waals surface area contributed by atoms with Crippen molar-refractivity contribution in [3.63, 3.8) is 0 Å². The van der Waals surface area contributed by atoms with Crippen molar-refractivity contribution in [2.24, 2.45) is 5.73 Å². The predicted octanol–water partition coefficient (Wildman–Crippen LogP) is 0.198. The maximum absolute atomic E-state index is 10.2. The van der Waals surface area contributed by atoms with Crippen molar-refractivity contribution in [3.05, 3.63) is 0 Å². The number of nitrogens with two attached hydrogens (primary N) is 1. The molecular weight excluding hydrogens is 111 g/mol. The van der Waals surface area contributed by atoms with Crippen LogP contribution in [0, 0.1) is 0 Å². The molecule has 0 aliphatic carbocycles. The summed E-state index contributed by atoms with van der Waals surface area (Å²) in [6, 6.07) is -1.46. The van der Waals surface area contributed by atoms with E-state index < -0.39 is 24.8 Å².